The van der Waals surface area contributed by atoms with E-state index in [2.05, 4.69) is 9.72 Å². The molecule has 0 radical (unpaired) electrons. The van der Waals surface area contributed by atoms with Gasteiger partial charge in [0.25, 0.3) is 0 Å². The van der Waals surface area contributed by atoms with Gasteiger partial charge in [-0.3, -0.25) is 0 Å². The molecule has 1 aromatic heterocycles. The van der Waals surface area contributed by atoms with E-state index in [1.165, 1.54) is 0 Å². The van der Waals surface area contributed by atoms with Crippen molar-refractivity contribution in [3.05, 3.63) is 18.2 Å². The van der Waals surface area contributed by atoms with E-state index in [0.717, 1.165) is 0 Å². The van der Waals surface area contributed by atoms with Gasteiger partial charge >= 0.3 is 5.97 Å². The highest BCUT2D eigenvalue weighted by Gasteiger charge is 2.22. The number of aliphatic hydroxyl groups excluding tert-OH is 1. The highest BCUT2D eigenvalue weighted by molar-refractivity contribution is 5.75. The molecule has 5 nitrogen and oxygen atoms in total. The van der Waals surface area contributed by atoms with Crippen LogP contribution in [0.3, 0.4) is 0 Å². The summed E-state index contributed by atoms with van der Waals surface area (Å²) in [7, 11) is 0. The quantitative estimate of drug-likeness (QED) is 0.715. The second-order valence-electron chi connectivity index (χ2n) is 2.73. The zero-order chi connectivity index (χ0) is 10.6. The standard InChI is InChI=1S/C9H14N2O3/c1-3-11-6-5-10-8(11)7(12)9(13)14-4-2/h5-7,12H,3-4H2,1-2H3. The highest BCUT2D eigenvalue weighted by Crippen LogP contribution is 2.12. The molecule has 0 aliphatic heterocycles. The number of esters is 1. The predicted molar refractivity (Wildman–Crippen MR) is 49.5 cm³/mol. The maximum absolute atomic E-state index is 11.2. The van der Waals surface area contributed by atoms with Gasteiger partial charge in [0.1, 0.15) is 5.82 Å². The molecule has 5 heteroatoms. The minimum atomic E-state index is -1.29. The van der Waals surface area contributed by atoms with Crippen molar-refractivity contribution in [1.29, 1.82) is 0 Å². The SMILES string of the molecule is CCOC(=O)C(O)c1nccn1CC. The second-order valence-corrected chi connectivity index (χ2v) is 2.73. The first-order valence-corrected chi connectivity index (χ1v) is 4.56. The Kier molecular flexibility index (Phi) is 3.64. The van der Waals surface area contributed by atoms with Crippen LogP contribution in [-0.2, 0) is 16.1 Å². The van der Waals surface area contributed by atoms with Crippen molar-refractivity contribution in [3.8, 4) is 0 Å². The van der Waals surface area contributed by atoms with Crippen molar-refractivity contribution in [3.63, 3.8) is 0 Å². The third-order valence-electron chi connectivity index (χ3n) is 1.84. The van der Waals surface area contributed by atoms with E-state index in [1.807, 2.05) is 6.92 Å². The normalized spacial score (nSPS) is 12.5. The minimum Gasteiger partial charge on any atom is -0.464 e. The average molecular weight is 198 g/mol. The van der Waals surface area contributed by atoms with Gasteiger partial charge in [0.05, 0.1) is 6.61 Å². The first kappa shape index (κ1) is 10.7. The lowest BCUT2D eigenvalue weighted by molar-refractivity contribution is -0.153. The number of imidazole rings is 1. The number of aryl methyl sites for hydroxylation is 1. The molecule has 0 saturated carbocycles. The van der Waals surface area contributed by atoms with Crippen molar-refractivity contribution in [2.45, 2.75) is 26.5 Å². The zero-order valence-corrected chi connectivity index (χ0v) is 8.30. The van der Waals surface area contributed by atoms with Crippen LogP contribution in [0.15, 0.2) is 12.4 Å². The van der Waals surface area contributed by atoms with Gasteiger partial charge in [-0.1, -0.05) is 0 Å². The number of aliphatic hydroxyl groups is 1. The molecule has 1 rings (SSSR count). The van der Waals surface area contributed by atoms with Crippen LogP contribution in [0.4, 0.5) is 0 Å². The van der Waals surface area contributed by atoms with Crippen LogP contribution >= 0.6 is 0 Å². The first-order valence-electron chi connectivity index (χ1n) is 4.56. The molecular weight excluding hydrogens is 184 g/mol. The van der Waals surface area contributed by atoms with E-state index >= 15 is 0 Å². The number of carbonyl (C=O) groups excluding carboxylic acids is 1. The molecule has 1 N–H and O–H groups in total. The Morgan fingerprint density at radius 2 is 2.43 bits per heavy atom. The van der Waals surface area contributed by atoms with E-state index < -0.39 is 12.1 Å². The Labute approximate surface area is 82.3 Å². The summed E-state index contributed by atoms with van der Waals surface area (Å²) in [4.78, 5) is 15.1. The third-order valence-corrected chi connectivity index (χ3v) is 1.84. The Hall–Kier alpha value is -1.36. The van der Waals surface area contributed by atoms with Crippen LogP contribution in [0.2, 0.25) is 0 Å². The zero-order valence-electron chi connectivity index (χ0n) is 8.30. The van der Waals surface area contributed by atoms with Gasteiger partial charge in [-0.25, -0.2) is 9.78 Å². The number of ether oxygens (including phenoxy) is 1. The van der Waals surface area contributed by atoms with Crippen LogP contribution in [0.1, 0.15) is 25.8 Å². The summed E-state index contributed by atoms with van der Waals surface area (Å²) in [5.41, 5.74) is 0. The lowest BCUT2D eigenvalue weighted by Crippen LogP contribution is -2.19. The Morgan fingerprint density at radius 1 is 1.71 bits per heavy atom. The molecule has 1 unspecified atom stereocenters. The molecule has 0 fully saturated rings. The maximum atomic E-state index is 11.2. The van der Waals surface area contributed by atoms with Crippen LogP contribution in [0, 0.1) is 0 Å². The minimum absolute atomic E-state index is 0.253. The van der Waals surface area contributed by atoms with Gasteiger partial charge in [0.2, 0.25) is 6.10 Å². The topological polar surface area (TPSA) is 64.3 Å². The van der Waals surface area contributed by atoms with Gasteiger partial charge in [-0.15, -0.1) is 0 Å². The molecule has 0 saturated heterocycles. The summed E-state index contributed by atoms with van der Waals surface area (Å²) in [5.74, 6) is -0.334. The number of aromatic nitrogens is 2. The number of hydrogen-bond donors (Lipinski definition) is 1. The summed E-state index contributed by atoms with van der Waals surface area (Å²) < 4.78 is 6.38. The Morgan fingerprint density at radius 3 is 3.00 bits per heavy atom. The monoisotopic (exact) mass is 198 g/mol. The van der Waals surface area contributed by atoms with Crippen molar-refractivity contribution < 1.29 is 14.6 Å². The fourth-order valence-corrected chi connectivity index (χ4v) is 1.16. The van der Waals surface area contributed by atoms with Crippen molar-refractivity contribution in [1.82, 2.24) is 9.55 Å². The second kappa shape index (κ2) is 4.76. The van der Waals surface area contributed by atoms with E-state index in [-0.39, 0.29) is 6.61 Å². The fourth-order valence-electron chi connectivity index (χ4n) is 1.16. The molecule has 0 aromatic carbocycles. The first-order chi connectivity index (χ1) is 6.70. The van der Waals surface area contributed by atoms with Gasteiger partial charge in [-0.2, -0.15) is 0 Å². The molecule has 14 heavy (non-hydrogen) atoms. The summed E-state index contributed by atoms with van der Waals surface area (Å²) in [6.45, 7) is 4.51. The van der Waals surface area contributed by atoms with E-state index in [0.29, 0.717) is 12.4 Å². The largest absolute Gasteiger partial charge is 0.464 e. The van der Waals surface area contributed by atoms with Crippen LogP contribution in [-0.4, -0.2) is 27.2 Å². The molecule has 0 amide bonds. The number of hydrogen-bond acceptors (Lipinski definition) is 4. The fraction of sp³-hybridized carbons (Fsp3) is 0.556. The summed E-state index contributed by atoms with van der Waals surface area (Å²) >= 11 is 0. The summed E-state index contributed by atoms with van der Waals surface area (Å²) in [6, 6.07) is 0. The molecule has 0 aliphatic carbocycles. The molecule has 1 aromatic rings. The number of rotatable bonds is 4. The molecule has 0 aliphatic rings. The molecule has 1 atom stereocenters. The average Bonchev–Trinajstić information content (AvgIpc) is 2.64. The Balaban J connectivity index is 2.77. The van der Waals surface area contributed by atoms with E-state index in [4.69, 9.17) is 0 Å². The van der Waals surface area contributed by atoms with Crippen LogP contribution in [0.5, 0.6) is 0 Å². The maximum Gasteiger partial charge on any atom is 0.342 e. The van der Waals surface area contributed by atoms with Gasteiger partial charge in [-0.05, 0) is 13.8 Å². The van der Waals surface area contributed by atoms with Crippen molar-refractivity contribution in [2.75, 3.05) is 6.61 Å². The lowest BCUT2D eigenvalue weighted by atomic mass is 10.3. The van der Waals surface area contributed by atoms with Gasteiger partial charge < -0.3 is 14.4 Å². The van der Waals surface area contributed by atoms with Crippen LogP contribution in [0.25, 0.3) is 0 Å². The highest BCUT2D eigenvalue weighted by atomic mass is 16.5. The van der Waals surface area contributed by atoms with Crippen LogP contribution < -0.4 is 0 Å². The lowest BCUT2D eigenvalue weighted by Gasteiger charge is -2.10. The smallest absolute Gasteiger partial charge is 0.342 e. The van der Waals surface area contributed by atoms with Crippen molar-refractivity contribution in [2.24, 2.45) is 0 Å². The number of nitrogens with zero attached hydrogens (tertiary/aromatic N) is 2. The third kappa shape index (κ3) is 2.11. The van der Waals surface area contributed by atoms with Gasteiger partial charge in [0.15, 0.2) is 0 Å². The van der Waals surface area contributed by atoms with Crippen molar-refractivity contribution >= 4 is 5.97 Å². The summed E-state index contributed by atoms with van der Waals surface area (Å²) in [5, 5.41) is 9.56. The molecule has 0 spiro atoms. The molecule has 78 valence electrons. The molecule has 0 bridgehead atoms. The molecular formula is C9H14N2O3. The van der Waals surface area contributed by atoms with Gasteiger partial charge in [0, 0.05) is 18.9 Å². The van der Waals surface area contributed by atoms with E-state index in [9.17, 15) is 9.90 Å². The molecule has 1 heterocycles. The number of carbonyl (C=O) groups is 1. The van der Waals surface area contributed by atoms with E-state index in [1.54, 1.807) is 23.9 Å². The Bertz CT molecular complexity index is 309. The predicted octanol–water partition coefficient (Wildman–Crippen LogP) is 0.500. The summed E-state index contributed by atoms with van der Waals surface area (Å²) in [6.07, 6.45) is 1.96.